The summed E-state index contributed by atoms with van der Waals surface area (Å²) < 4.78 is 15.3. The van der Waals surface area contributed by atoms with Gasteiger partial charge in [0.15, 0.2) is 0 Å². The second kappa shape index (κ2) is 5.81. The third-order valence-corrected chi connectivity index (χ3v) is 3.93. The zero-order valence-electron chi connectivity index (χ0n) is 13.0. The molecule has 0 saturated carbocycles. The normalized spacial score (nSPS) is 11.1. The predicted molar refractivity (Wildman–Crippen MR) is 88.8 cm³/mol. The van der Waals surface area contributed by atoms with Gasteiger partial charge in [0, 0.05) is 18.0 Å². The van der Waals surface area contributed by atoms with Crippen molar-refractivity contribution in [1.29, 1.82) is 0 Å². The zero-order valence-corrected chi connectivity index (χ0v) is 13.0. The van der Waals surface area contributed by atoms with Gasteiger partial charge >= 0.3 is 0 Å². The molecule has 0 aliphatic carbocycles. The van der Waals surface area contributed by atoms with Crippen LogP contribution in [0.4, 0.5) is 4.39 Å². The lowest BCUT2D eigenvalue weighted by molar-refractivity contribution is 0.619. The minimum atomic E-state index is -0.208. The van der Waals surface area contributed by atoms with E-state index in [9.17, 15) is 4.39 Å². The van der Waals surface area contributed by atoms with Crippen LogP contribution in [0.3, 0.4) is 0 Å². The van der Waals surface area contributed by atoms with E-state index in [4.69, 9.17) is 0 Å². The summed E-state index contributed by atoms with van der Waals surface area (Å²) in [5, 5.41) is 12.4. The highest BCUT2D eigenvalue weighted by molar-refractivity contribution is 5.80. The van der Waals surface area contributed by atoms with Crippen molar-refractivity contribution < 1.29 is 4.39 Å². The molecule has 5 nitrogen and oxygen atoms in total. The Bertz CT molecular complexity index is 1010. The largest absolute Gasteiger partial charge is 0.257 e. The van der Waals surface area contributed by atoms with Crippen LogP contribution in [0.15, 0.2) is 55.0 Å². The molecule has 3 heterocycles. The zero-order chi connectivity index (χ0) is 16.5. The number of halogens is 1. The molecule has 0 atom stereocenters. The molecule has 0 aliphatic rings. The van der Waals surface area contributed by atoms with Gasteiger partial charge in [-0.1, -0.05) is 6.07 Å². The Balaban J connectivity index is 1.76. The number of fused-ring (bicyclic) bond motifs is 1. The Kier molecular flexibility index (Phi) is 3.49. The van der Waals surface area contributed by atoms with E-state index in [1.54, 1.807) is 31.6 Å². The molecule has 0 N–H and O–H groups in total. The number of nitrogens with zero attached hydrogens (tertiary/aromatic N) is 5. The Hall–Kier alpha value is -3.15. The molecule has 4 aromatic rings. The Labute approximate surface area is 137 Å². The van der Waals surface area contributed by atoms with Crippen LogP contribution in [0.25, 0.3) is 22.2 Å². The molecule has 0 aliphatic heterocycles. The lowest BCUT2D eigenvalue weighted by Crippen LogP contribution is -2.04. The Morgan fingerprint density at radius 2 is 2.00 bits per heavy atom. The molecule has 0 amide bonds. The van der Waals surface area contributed by atoms with Crippen LogP contribution < -0.4 is 0 Å². The first-order chi connectivity index (χ1) is 11.7. The summed E-state index contributed by atoms with van der Waals surface area (Å²) in [6.07, 6.45) is 5.15. The highest BCUT2D eigenvalue weighted by atomic mass is 19.1. The summed E-state index contributed by atoms with van der Waals surface area (Å²) in [6, 6.07) is 10.8. The van der Waals surface area contributed by atoms with Crippen molar-refractivity contribution in [2.75, 3.05) is 0 Å². The van der Waals surface area contributed by atoms with Crippen LogP contribution in [-0.2, 0) is 6.54 Å². The van der Waals surface area contributed by atoms with Crippen molar-refractivity contribution in [2.45, 2.75) is 13.5 Å². The first-order valence-corrected chi connectivity index (χ1v) is 7.55. The first-order valence-electron chi connectivity index (χ1n) is 7.55. The van der Waals surface area contributed by atoms with Crippen LogP contribution >= 0.6 is 0 Å². The van der Waals surface area contributed by atoms with Crippen molar-refractivity contribution in [3.8, 4) is 11.1 Å². The van der Waals surface area contributed by atoms with Gasteiger partial charge in [-0.2, -0.15) is 15.3 Å². The molecule has 0 saturated heterocycles. The number of aromatic nitrogens is 5. The topological polar surface area (TPSA) is 56.5 Å². The molecule has 0 bridgehead atoms. The van der Waals surface area contributed by atoms with E-state index in [0.29, 0.717) is 12.1 Å². The van der Waals surface area contributed by atoms with Crippen molar-refractivity contribution in [1.82, 2.24) is 25.0 Å². The molecule has 1 aromatic carbocycles. The minimum Gasteiger partial charge on any atom is -0.257 e. The molecule has 0 unspecified atom stereocenters. The summed E-state index contributed by atoms with van der Waals surface area (Å²) in [6.45, 7) is 2.27. The average Bonchev–Trinajstić information content (AvgIpc) is 3.00. The average molecular weight is 319 g/mol. The number of rotatable bonds is 3. The van der Waals surface area contributed by atoms with Gasteiger partial charge in [-0.3, -0.25) is 9.67 Å². The van der Waals surface area contributed by atoms with E-state index in [1.165, 1.54) is 6.07 Å². The fourth-order valence-corrected chi connectivity index (χ4v) is 2.64. The number of aryl methyl sites for hydroxylation is 1. The van der Waals surface area contributed by atoms with Gasteiger partial charge in [-0.15, -0.1) is 0 Å². The lowest BCUT2D eigenvalue weighted by atomic mass is 10.0. The van der Waals surface area contributed by atoms with E-state index >= 15 is 0 Å². The van der Waals surface area contributed by atoms with Crippen LogP contribution in [-0.4, -0.2) is 25.0 Å². The smallest absolute Gasteiger partial charge is 0.126 e. The van der Waals surface area contributed by atoms with E-state index in [2.05, 4.69) is 20.3 Å². The standard InChI is InChI=1S/C18H14FN5/c1-12-7-13(4-5-16(12)19)14-8-18-17(20-9-14)10-22-24(18)11-15-3-2-6-21-23-15/h2-10H,11H2,1H3. The fraction of sp³-hybridized carbons (Fsp3) is 0.111. The third-order valence-electron chi connectivity index (χ3n) is 3.93. The molecule has 3 aromatic heterocycles. The van der Waals surface area contributed by atoms with Crippen molar-refractivity contribution >= 4 is 11.0 Å². The van der Waals surface area contributed by atoms with Crippen LogP contribution in [0.2, 0.25) is 0 Å². The highest BCUT2D eigenvalue weighted by Gasteiger charge is 2.09. The van der Waals surface area contributed by atoms with Gasteiger partial charge in [0.25, 0.3) is 0 Å². The van der Waals surface area contributed by atoms with Gasteiger partial charge in [-0.05, 0) is 48.4 Å². The molecule has 4 rings (SSSR count). The van der Waals surface area contributed by atoms with Crippen molar-refractivity contribution in [2.24, 2.45) is 0 Å². The molecule has 0 fully saturated rings. The molecule has 0 radical (unpaired) electrons. The predicted octanol–water partition coefficient (Wildman–Crippen LogP) is 3.38. The monoisotopic (exact) mass is 319 g/mol. The second-order valence-corrected chi connectivity index (χ2v) is 5.61. The number of benzene rings is 1. The van der Waals surface area contributed by atoms with Gasteiger partial charge in [-0.25, -0.2) is 4.39 Å². The second-order valence-electron chi connectivity index (χ2n) is 5.61. The molecular weight excluding hydrogens is 305 g/mol. The number of pyridine rings is 1. The van der Waals surface area contributed by atoms with Crippen molar-refractivity contribution in [3.63, 3.8) is 0 Å². The Morgan fingerprint density at radius 3 is 2.79 bits per heavy atom. The van der Waals surface area contributed by atoms with E-state index < -0.39 is 0 Å². The first kappa shape index (κ1) is 14.4. The summed E-state index contributed by atoms with van der Waals surface area (Å²) in [5.74, 6) is -0.208. The van der Waals surface area contributed by atoms with E-state index in [-0.39, 0.29) is 5.82 Å². The molecule has 24 heavy (non-hydrogen) atoms. The van der Waals surface area contributed by atoms with Crippen LogP contribution in [0, 0.1) is 12.7 Å². The van der Waals surface area contributed by atoms with Gasteiger partial charge in [0.1, 0.15) is 11.3 Å². The SMILES string of the molecule is Cc1cc(-c2cnc3cnn(Cc4cccnn4)c3c2)ccc1F. The summed E-state index contributed by atoms with van der Waals surface area (Å²) in [5.41, 5.74) is 5.00. The van der Waals surface area contributed by atoms with Crippen molar-refractivity contribution in [3.05, 3.63) is 72.1 Å². The Morgan fingerprint density at radius 1 is 1.08 bits per heavy atom. The summed E-state index contributed by atoms with van der Waals surface area (Å²) in [7, 11) is 0. The minimum absolute atomic E-state index is 0.208. The highest BCUT2D eigenvalue weighted by Crippen LogP contribution is 2.24. The lowest BCUT2D eigenvalue weighted by Gasteiger charge is -2.06. The van der Waals surface area contributed by atoms with Gasteiger partial charge < -0.3 is 0 Å². The van der Waals surface area contributed by atoms with Crippen LogP contribution in [0.1, 0.15) is 11.3 Å². The number of hydrogen-bond donors (Lipinski definition) is 0. The summed E-state index contributed by atoms with van der Waals surface area (Å²) in [4.78, 5) is 4.46. The molecule has 0 spiro atoms. The number of hydrogen-bond acceptors (Lipinski definition) is 4. The summed E-state index contributed by atoms with van der Waals surface area (Å²) >= 11 is 0. The molecule has 6 heteroatoms. The quantitative estimate of drug-likeness (QED) is 0.581. The maximum Gasteiger partial charge on any atom is 0.126 e. The van der Waals surface area contributed by atoms with Crippen LogP contribution in [0.5, 0.6) is 0 Å². The van der Waals surface area contributed by atoms with Gasteiger partial charge in [0.2, 0.25) is 0 Å². The van der Waals surface area contributed by atoms with E-state index in [1.807, 2.05) is 28.9 Å². The maximum absolute atomic E-state index is 13.5. The third kappa shape index (κ3) is 2.62. The van der Waals surface area contributed by atoms with Gasteiger partial charge in [0.05, 0.1) is 24.0 Å². The maximum atomic E-state index is 13.5. The molecule has 118 valence electrons. The van der Waals surface area contributed by atoms with E-state index in [0.717, 1.165) is 27.9 Å². The molecular formula is C18H14FN5. The fourth-order valence-electron chi connectivity index (χ4n) is 2.64.